The van der Waals surface area contributed by atoms with Crippen molar-refractivity contribution in [1.82, 2.24) is 4.98 Å². The molecule has 2 aromatic rings. The van der Waals surface area contributed by atoms with Crippen molar-refractivity contribution in [2.45, 2.75) is 12.8 Å². The van der Waals surface area contributed by atoms with Crippen LogP contribution in [0.4, 0.5) is 5.13 Å². The lowest BCUT2D eigenvalue weighted by molar-refractivity contribution is -0.142. The molecule has 2 N–H and O–H groups in total. The van der Waals surface area contributed by atoms with Crippen molar-refractivity contribution in [2.75, 3.05) is 11.9 Å². The Balaban J connectivity index is 1.75. The predicted octanol–water partition coefficient (Wildman–Crippen LogP) is 2.57. The first-order valence-electron chi connectivity index (χ1n) is 5.52. The number of hydrogen-bond donors (Lipinski definition) is 2. The molecule has 1 saturated carbocycles. The molecule has 1 aromatic heterocycles. The number of aliphatic carboxylic acids is 1. The number of aromatic nitrogens is 1. The zero-order valence-electron chi connectivity index (χ0n) is 9.14. The molecule has 1 aliphatic carbocycles. The Bertz CT molecular complexity index is 542. The molecule has 17 heavy (non-hydrogen) atoms. The van der Waals surface area contributed by atoms with Crippen molar-refractivity contribution in [3.05, 3.63) is 24.3 Å². The van der Waals surface area contributed by atoms with E-state index in [-0.39, 0.29) is 0 Å². The molecule has 0 aliphatic heterocycles. The van der Waals surface area contributed by atoms with Crippen LogP contribution in [0.15, 0.2) is 24.3 Å². The normalized spacial score (nSPS) is 16.9. The van der Waals surface area contributed by atoms with Gasteiger partial charge < -0.3 is 10.4 Å². The molecule has 4 nitrogen and oxygen atoms in total. The van der Waals surface area contributed by atoms with Gasteiger partial charge in [0.2, 0.25) is 0 Å². The summed E-state index contributed by atoms with van der Waals surface area (Å²) in [5.74, 6) is -0.703. The maximum Gasteiger partial charge on any atom is 0.311 e. The van der Waals surface area contributed by atoms with Gasteiger partial charge in [0.25, 0.3) is 0 Å². The number of hydrogen-bond acceptors (Lipinski definition) is 4. The highest BCUT2D eigenvalue weighted by molar-refractivity contribution is 7.22. The Hall–Kier alpha value is -1.62. The highest BCUT2D eigenvalue weighted by Crippen LogP contribution is 2.46. The minimum Gasteiger partial charge on any atom is -0.481 e. The van der Waals surface area contributed by atoms with Gasteiger partial charge in [-0.05, 0) is 25.0 Å². The molecular formula is C12H12N2O2S. The van der Waals surface area contributed by atoms with Crippen LogP contribution < -0.4 is 5.32 Å². The monoisotopic (exact) mass is 248 g/mol. The van der Waals surface area contributed by atoms with Crippen LogP contribution in [0.5, 0.6) is 0 Å². The summed E-state index contributed by atoms with van der Waals surface area (Å²) < 4.78 is 1.12. The van der Waals surface area contributed by atoms with E-state index in [9.17, 15) is 4.79 Å². The zero-order chi connectivity index (χ0) is 11.9. The molecule has 0 unspecified atom stereocenters. The Kier molecular flexibility index (Phi) is 2.29. The van der Waals surface area contributed by atoms with Gasteiger partial charge >= 0.3 is 5.97 Å². The number of anilines is 1. The topological polar surface area (TPSA) is 62.2 Å². The summed E-state index contributed by atoms with van der Waals surface area (Å²) in [6.45, 7) is 0.474. The highest BCUT2D eigenvalue weighted by Gasteiger charge is 2.50. The molecule has 3 rings (SSSR count). The summed E-state index contributed by atoms with van der Waals surface area (Å²) in [5, 5.41) is 13.0. The van der Waals surface area contributed by atoms with E-state index in [1.54, 1.807) is 11.3 Å². The summed E-state index contributed by atoms with van der Waals surface area (Å²) in [7, 11) is 0. The lowest BCUT2D eigenvalue weighted by atomic mass is 10.1. The van der Waals surface area contributed by atoms with E-state index < -0.39 is 11.4 Å². The van der Waals surface area contributed by atoms with Gasteiger partial charge in [-0.25, -0.2) is 4.98 Å². The summed E-state index contributed by atoms with van der Waals surface area (Å²) >= 11 is 1.56. The molecule has 1 heterocycles. The van der Waals surface area contributed by atoms with Gasteiger partial charge in [-0.1, -0.05) is 23.5 Å². The third-order valence-corrected chi connectivity index (χ3v) is 4.17. The molecule has 0 spiro atoms. The molecular weight excluding hydrogens is 236 g/mol. The van der Waals surface area contributed by atoms with E-state index in [1.165, 1.54) is 0 Å². The second-order valence-electron chi connectivity index (χ2n) is 4.43. The van der Waals surface area contributed by atoms with Crippen LogP contribution in [0.3, 0.4) is 0 Å². The standard InChI is InChI=1S/C12H12N2O2S/c15-10(16)12(5-6-12)7-13-11-14-8-3-1-2-4-9(8)17-11/h1-4H,5-7H2,(H,13,14)(H,15,16). The van der Waals surface area contributed by atoms with Crippen LogP contribution in [0.1, 0.15) is 12.8 Å². The van der Waals surface area contributed by atoms with Gasteiger partial charge in [-0.2, -0.15) is 0 Å². The maximum atomic E-state index is 11.0. The summed E-state index contributed by atoms with van der Waals surface area (Å²) in [6, 6.07) is 7.90. The fourth-order valence-electron chi connectivity index (χ4n) is 1.81. The molecule has 1 aromatic carbocycles. The average molecular weight is 248 g/mol. The van der Waals surface area contributed by atoms with Crippen molar-refractivity contribution < 1.29 is 9.90 Å². The van der Waals surface area contributed by atoms with Gasteiger partial charge in [0.1, 0.15) is 0 Å². The van der Waals surface area contributed by atoms with Crippen molar-refractivity contribution in [3.8, 4) is 0 Å². The molecule has 0 atom stereocenters. The molecule has 1 fully saturated rings. The van der Waals surface area contributed by atoms with Crippen LogP contribution in [0.2, 0.25) is 0 Å². The predicted molar refractivity (Wildman–Crippen MR) is 67.4 cm³/mol. The highest BCUT2D eigenvalue weighted by atomic mass is 32.1. The van der Waals surface area contributed by atoms with E-state index in [0.29, 0.717) is 6.54 Å². The number of carboxylic acids is 1. The van der Waals surface area contributed by atoms with Crippen molar-refractivity contribution >= 4 is 32.7 Å². The van der Waals surface area contributed by atoms with Crippen LogP contribution >= 0.6 is 11.3 Å². The Morgan fingerprint density at radius 3 is 2.88 bits per heavy atom. The minimum absolute atomic E-state index is 0.474. The second-order valence-corrected chi connectivity index (χ2v) is 5.46. The van der Waals surface area contributed by atoms with Gasteiger partial charge in [-0.15, -0.1) is 0 Å². The number of nitrogens with zero attached hydrogens (tertiary/aromatic N) is 1. The SMILES string of the molecule is O=C(O)C1(CNc2nc3ccccc3s2)CC1. The lowest BCUT2D eigenvalue weighted by Crippen LogP contribution is -2.24. The number of thiazole rings is 1. The molecule has 0 amide bonds. The largest absolute Gasteiger partial charge is 0.481 e. The third-order valence-electron chi connectivity index (χ3n) is 3.18. The maximum absolute atomic E-state index is 11.0. The first-order valence-corrected chi connectivity index (χ1v) is 6.34. The van der Waals surface area contributed by atoms with Gasteiger partial charge in [0.05, 0.1) is 15.6 Å². The number of nitrogens with one attached hydrogen (secondary N) is 1. The third kappa shape index (κ3) is 1.86. The number of rotatable bonds is 4. The summed E-state index contributed by atoms with van der Waals surface area (Å²) in [6.07, 6.45) is 1.53. The van der Waals surface area contributed by atoms with E-state index in [1.807, 2.05) is 24.3 Å². The Morgan fingerprint density at radius 2 is 2.24 bits per heavy atom. The van der Waals surface area contributed by atoms with Gasteiger partial charge in [-0.3, -0.25) is 4.79 Å². The van der Waals surface area contributed by atoms with E-state index in [4.69, 9.17) is 5.11 Å². The number of benzene rings is 1. The smallest absolute Gasteiger partial charge is 0.311 e. The molecule has 0 saturated heterocycles. The van der Waals surface area contributed by atoms with E-state index in [0.717, 1.165) is 28.2 Å². The van der Waals surface area contributed by atoms with Crippen LogP contribution in [-0.2, 0) is 4.79 Å². The lowest BCUT2D eigenvalue weighted by Gasteiger charge is -2.09. The quantitative estimate of drug-likeness (QED) is 0.873. The van der Waals surface area contributed by atoms with E-state index in [2.05, 4.69) is 10.3 Å². The fraction of sp³-hybridized carbons (Fsp3) is 0.333. The van der Waals surface area contributed by atoms with E-state index >= 15 is 0 Å². The van der Waals surface area contributed by atoms with Gasteiger partial charge in [0, 0.05) is 6.54 Å². The fourth-order valence-corrected chi connectivity index (χ4v) is 2.67. The Labute approximate surface area is 102 Å². The number of para-hydroxylation sites is 1. The molecule has 1 aliphatic rings. The van der Waals surface area contributed by atoms with Gasteiger partial charge in [0.15, 0.2) is 5.13 Å². The molecule has 0 bridgehead atoms. The minimum atomic E-state index is -0.703. The molecule has 88 valence electrons. The number of carbonyl (C=O) groups is 1. The van der Waals surface area contributed by atoms with Crippen molar-refractivity contribution in [3.63, 3.8) is 0 Å². The average Bonchev–Trinajstić information content (AvgIpc) is 3.00. The first kappa shape index (κ1) is 10.5. The Morgan fingerprint density at radius 1 is 1.47 bits per heavy atom. The van der Waals surface area contributed by atoms with Crippen LogP contribution in [0, 0.1) is 5.41 Å². The van der Waals surface area contributed by atoms with Crippen LogP contribution in [0.25, 0.3) is 10.2 Å². The second kappa shape index (κ2) is 3.70. The van der Waals surface area contributed by atoms with Crippen molar-refractivity contribution in [1.29, 1.82) is 0 Å². The van der Waals surface area contributed by atoms with Crippen molar-refractivity contribution in [2.24, 2.45) is 5.41 Å². The number of fused-ring (bicyclic) bond motifs is 1. The van der Waals surface area contributed by atoms with Crippen LogP contribution in [-0.4, -0.2) is 22.6 Å². The summed E-state index contributed by atoms with van der Waals surface area (Å²) in [5.41, 5.74) is 0.415. The number of carboxylic acid groups (broad SMARTS) is 1. The molecule has 0 radical (unpaired) electrons. The zero-order valence-corrected chi connectivity index (χ0v) is 9.96. The first-order chi connectivity index (χ1) is 8.20. The molecule has 5 heteroatoms. The summed E-state index contributed by atoms with van der Waals surface area (Å²) in [4.78, 5) is 15.4.